The number of H-pyrrole nitrogens is 1. The number of nitrogens with one attached hydrogen (secondary N) is 2. The molecule has 2 N–H and O–H groups in total. The highest BCUT2D eigenvalue weighted by molar-refractivity contribution is 5.94. The number of carbonyl (C=O) groups is 1. The number of benzene rings is 1. The Morgan fingerprint density at radius 3 is 2.50 bits per heavy atom. The first-order valence-corrected chi connectivity index (χ1v) is 5.84. The second-order valence-electron chi connectivity index (χ2n) is 4.33. The third-order valence-corrected chi connectivity index (χ3v) is 2.68. The molecule has 4 nitrogen and oxygen atoms in total. The molecule has 2 aromatic rings. The van der Waals surface area contributed by atoms with E-state index >= 15 is 0 Å². The fourth-order valence-corrected chi connectivity index (χ4v) is 1.66. The highest BCUT2D eigenvalue weighted by atomic mass is 16.2. The van der Waals surface area contributed by atoms with Gasteiger partial charge in [0.25, 0.3) is 5.91 Å². The van der Waals surface area contributed by atoms with Crippen molar-refractivity contribution >= 4 is 11.6 Å². The number of aromatic nitrogens is 1. The molecule has 0 aliphatic rings. The van der Waals surface area contributed by atoms with Gasteiger partial charge in [-0.1, -0.05) is 0 Å². The zero-order chi connectivity index (χ0) is 13.0. The zero-order valence-corrected chi connectivity index (χ0v) is 10.6. The van der Waals surface area contributed by atoms with E-state index in [1.54, 1.807) is 19.0 Å². The molecule has 94 valence electrons. The lowest BCUT2D eigenvalue weighted by Gasteiger charge is -2.11. The van der Waals surface area contributed by atoms with Crippen molar-refractivity contribution in [3.63, 3.8) is 0 Å². The molecule has 0 aliphatic carbocycles. The molecule has 0 unspecified atom stereocenters. The van der Waals surface area contributed by atoms with Gasteiger partial charge in [0.05, 0.1) is 6.54 Å². The molecule has 2 rings (SSSR count). The summed E-state index contributed by atoms with van der Waals surface area (Å²) >= 11 is 0. The molecule has 0 radical (unpaired) electrons. The van der Waals surface area contributed by atoms with E-state index in [1.165, 1.54) is 0 Å². The quantitative estimate of drug-likeness (QED) is 0.865. The Labute approximate surface area is 107 Å². The van der Waals surface area contributed by atoms with Crippen molar-refractivity contribution in [3.05, 3.63) is 53.9 Å². The van der Waals surface area contributed by atoms with Crippen LogP contribution in [-0.2, 0) is 6.54 Å². The highest BCUT2D eigenvalue weighted by Crippen LogP contribution is 2.11. The molecule has 0 spiro atoms. The smallest absolute Gasteiger partial charge is 0.253 e. The van der Waals surface area contributed by atoms with Gasteiger partial charge in [0.15, 0.2) is 0 Å². The summed E-state index contributed by atoms with van der Waals surface area (Å²) in [6.45, 7) is 0.744. The minimum absolute atomic E-state index is 0.0194. The number of amides is 1. The van der Waals surface area contributed by atoms with Crippen molar-refractivity contribution in [2.24, 2.45) is 0 Å². The minimum atomic E-state index is 0.0194. The van der Waals surface area contributed by atoms with Crippen LogP contribution in [0.15, 0.2) is 42.6 Å². The predicted octanol–water partition coefficient (Wildman–Crippen LogP) is 2.33. The second kappa shape index (κ2) is 5.40. The summed E-state index contributed by atoms with van der Waals surface area (Å²) in [7, 11) is 3.50. The number of carbonyl (C=O) groups excluding carboxylic acids is 1. The van der Waals surface area contributed by atoms with Gasteiger partial charge in [-0.3, -0.25) is 4.79 Å². The molecule has 0 aliphatic heterocycles. The Balaban J connectivity index is 1.97. The van der Waals surface area contributed by atoms with Crippen LogP contribution in [0, 0.1) is 0 Å². The SMILES string of the molecule is CN(C)C(=O)c1ccc(NCc2ccc[nH]2)cc1. The molecule has 1 heterocycles. The van der Waals surface area contributed by atoms with Gasteiger partial charge in [-0.15, -0.1) is 0 Å². The molecule has 0 fully saturated rings. The number of aromatic amines is 1. The van der Waals surface area contributed by atoms with Crippen LogP contribution in [0.5, 0.6) is 0 Å². The summed E-state index contributed by atoms with van der Waals surface area (Å²) in [6.07, 6.45) is 1.90. The number of hydrogen-bond acceptors (Lipinski definition) is 2. The monoisotopic (exact) mass is 243 g/mol. The normalized spacial score (nSPS) is 10.1. The van der Waals surface area contributed by atoms with Gasteiger partial charge in [-0.2, -0.15) is 0 Å². The first-order valence-electron chi connectivity index (χ1n) is 5.84. The zero-order valence-electron chi connectivity index (χ0n) is 10.6. The van der Waals surface area contributed by atoms with Crippen LogP contribution in [0.2, 0.25) is 0 Å². The van der Waals surface area contributed by atoms with Gasteiger partial charge < -0.3 is 15.2 Å². The molecular weight excluding hydrogens is 226 g/mol. The molecule has 1 aromatic carbocycles. The highest BCUT2D eigenvalue weighted by Gasteiger charge is 2.06. The lowest BCUT2D eigenvalue weighted by Crippen LogP contribution is -2.21. The van der Waals surface area contributed by atoms with E-state index in [4.69, 9.17) is 0 Å². The molecule has 0 atom stereocenters. The average Bonchev–Trinajstić information content (AvgIpc) is 2.89. The van der Waals surface area contributed by atoms with Crippen molar-refractivity contribution in [1.29, 1.82) is 0 Å². The molecule has 4 heteroatoms. The number of rotatable bonds is 4. The van der Waals surface area contributed by atoms with Crippen LogP contribution in [0.4, 0.5) is 5.69 Å². The van der Waals surface area contributed by atoms with Gasteiger partial charge in [0.2, 0.25) is 0 Å². The van der Waals surface area contributed by atoms with Crippen molar-refractivity contribution in [2.75, 3.05) is 19.4 Å². The van der Waals surface area contributed by atoms with Crippen LogP contribution in [-0.4, -0.2) is 29.9 Å². The fraction of sp³-hybridized carbons (Fsp3) is 0.214. The second-order valence-corrected chi connectivity index (χ2v) is 4.33. The Hall–Kier alpha value is -2.23. The van der Waals surface area contributed by atoms with E-state index in [0.717, 1.165) is 17.9 Å². The Bertz CT molecular complexity index is 500. The van der Waals surface area contributed by atoms with Gasteiger partial charge >= 0.3 is 0 Å². The summed E-state index contributed by atoms with van der Waals surface area (Å²) in [4.78, 5) is 16.4. The Morgan fingerprint density at radius 1 is 1.22 bits per heavy atom. The first kappa shape index (κ1) is 12.2. The summed E-state index contributed by atoms with van der Waals surface area (Å²) in [6, 6.07) is 11.5. The summed E-state index contributed by atoms with van der Waals surface area (Å²) < 4.78 is 0. The average molecular weight is 243 g/mol. The van der Waals surface area contributed by atoms with E-state index in [1.807, 2.05) is 42.6 Å². The van der Waals surface area contributed by atoms with Crippen LogP contribution in [0.1, 0.15) is 16.1 Å². The topological polar surface area (TPSA) is 48.1 Å². The van der Waals surface area contributed by atoms with E-state index in [2.05, 4.69) is 10.3 Å². The van der Waals surface area contributed by atoms with Crippen LogP contribution in [0.25, 0.3) is 0 Å². The van der Waals surface area contributed by atoms with Crippen LogP contribution >= 0.6 is 0 Å². The third kappa shape index (κ3) is 2.91. The third-order valence-electron chi connectivity index (χ3n) is 2.68. The van der Waals surface area contributed by atoms with Crippen molar-refractivity contribution < 1.29 is 4.79 Å². The Morgan fingerprint density at radius 2 is 1.94 bits per heavy atom. The molecule has 1 aromatic heterocycles. The maximum atomic E-state index is 11.7. The number of hydrogen-bond donors (Lipinski definition) is 2. The van der Waals surface area contributed by atoms with Crippen LogP contribution < -0.4 is 5.32 Å². The van der Waals surface area contributed by atoms with Gasteiger partial charge in [0, 0.05) is 37.2 Å². The van der Waals surface area contributed by atoms with Crippen molar-refractivity contribution in [1.82, 2.24) is 9.88 Å². The van der Waals surface area contributed by atoms with E-state index in [9.17, 15) is 4.79 Å². The van der Waals surface area contributed by atoms with Crippen molar-refractivity contribution in [3.8, 4) is 0 Å². The van der Waals surface area contributed by atoms with Gasteiger partial charge in [-0.25, -0.2) is 0 Å². The molecule has 1 amide bonds. The first-order chi connectivity index (χ1) is 8.66. The summed E-state index contributed by atoms with van der Waals surface area (Å²) in [5.74, 6) is 0.0194. The largest absolute Gasteiger partial charge is 0.379 e. The summed E-state index contributed by atoms with van der Waals surface area (Å²) in [5, 5.41) is 3.29. The molecule has 0 saturated carbocycles. The summed E-state index contributed by atoms with van der Waals surface area (Å²) in [5.41, 5.74) is 2.83. The molecule has 0 bridgehead atoms. The number of anilines is 1. The standard InChI is InChI=1S/C14H17N3O/c1-17(2)14(18)11-5-7-12(8-6-11)16-10-13-4-3-9-15-13/h3-9,15-16H,10H2,1-2H3. The van der Waals surface area contributed by atoms with Gasteiger partial charge in [-0.05, 0) is 36.4 Å². The maximum Gasteiger partial charge on any atom is 0.253 e. The lowest BCUT2D eigenvalue weighted by molar-refractivity contribution is 0.0827. The number of nitrogens with zero attached hydrogens (tertiary/aromatic N) is 1. The van der Waals surface area contributed by atoms with E-state index in [0.29, 0.717) is 5.56 Å². The fourth-order valence-electron chi connectivity index (χ4n) is 1.66. The van der Waals surface area contributed by atoms with Crippen molar-refractivity contribution in [2.45, 2.75) is 6.54 Å². The lowest BCUT2D eigenvalue weighted by atomic mass is 10.2. The van der Waals surface area contributed by atoms with Crippen LogP contribution in [0.3, 0.4) is 0 Å². The van der Waals surface area contributed by atoms with Gasteiger partial charge in [0.1, 0.15) is 0 Å². The Kier molecular flexibility index (Phi) is 3.67. The van der Waals surface area contributed by atoms with E-state index in [-0.39, 0.29) is 5.91 Å². The minimum Gasteiger partial charge on any atom is -0.379 e. The molecular formula is C14H17N3O. The predicted molar refractivity (Wildman–Crippen MR) is 72.6 cm³/mol. The van der Waals surface area contributed by atoms with E-state index < -0.39 is 0 Å². The molecule has 18 heavy (non-hydrogen) atoms. The maximum absolute atomic E-state index is 11.7. The molecule has 0 saturated heterocycles.